The quantitative estimate of drug-likeness (QED) is 0.880. The highest BCUT2D eigenvalue weighted by Crippen LogP contribution is 2.26. The fourth-order valence-electron chi connectivity index (χ4n) is 1.48. The number of carboxylic acid groups (broad SMARTS) is 1. The molecule has 2 rings (SSSR count). The smallest absolute Gasteiger partial charge is 0.335 e. The zero-order chi connectivity index (χ0) is 14.7. The molecule has 104 valence electrons. The van der Waals surface area contributed by atoms with Crippen molar-refractivity contribution in [3.05, 3.63) is 44.6 Å². The minimum absolute atomic E-state index is 0.146. The normalized spacial score (nSPS) is 10.1. The lowest BCUT2D eigenvalue weighted by atomic mass is 10.2. The second-order valence-corrected chi connectivity index (χ2v) is 5.57. The van der Waals surface area contributed by atoms with Gasteiger partial charge in [0.2, 0.25) is 0 Å². The van der Waals surface area contributed by atoms with Crippen LogP contribution in [0.25, 0.3) is 0 Å². The Morgan fingerprint density at radius 2 is 2.10 bits per heavy atom. The molecule has 0 radical (unpaired) electrons. The Balaban J connectivity index is 2.17. The fourth-order valence-corrected chi connectivity index (χ4v) is 2.71. The van der Waals surface area contributed by atoms with Gasteiger partial charge in [0, 0.05) is 15.9 Å². The predicted molar refractivity (Wildman–Crippen MR) is 79.9 cm³/mol. The Labute approximate surface area is 127 Å². The molecule has 0 spiro atoms. The Morgan fingerprint density at radius 3 is 2.65 bits per heavy atom. The number of halogens is 1. The van der Waals surface area contributed by atoms with Crippen LogP contribution in [0.15, 0.2) is 34.1 Å². The number of methoxy groups -OCH3 is 1. The van der Waals surface area contributed by atoms with Gasteiger partial charge in [-0.25, -0.2) is 4.79 Å². The number of anilines is 1. The molecule has 2 aromatic rings. The monoisotopic (exact) mass is 355 g/mol. The minimum Gasteiger partial charge on any atom is -0.496 e. The van der Waals surface area contributed by atoms with Gasteiger partial charge < -0.3 is 15.2 Å². The molecule has 0 bridgehead atoms. The van der Waals surface area contributed by atoms with Gasteiger partial charge >= 0.3 is 5.97 Å². The summed E-state index contributed by atoms with van der Waals surface area (Å²) in [6.45, 7) is 0. The van der Waals surface area contributed by atoms with Crippen LogP contribution in [0.2, 0.25) is 0 Å². The van der Waals surface area contributed by atoms with Gasteiger partial charge in [0.15, 0.2) is 0 Å². The highest BCUT2D eigenvalue weighted by molar-refractivity contribution is 9.10. The van der Waals surface area contributed by atoms with Crippen molar-refractivity contribution in [2.45, 2.75) is 0 Å². The van der Waals surface area contributed by atoms with Crippen molar-refractivity contribution >= 4 is 44.8 Å². The van der Waals surface area contributed by atoms with E-state index in [1.165, 1.54) is 36.6 Å². The van der Waals surface area contributed by atoms with Crippen molar-refractivity contribution in [3.63, 3.8) is 0 Å². The average Bonchev–Trinajstić information content (AvgIpc) is 2.89. The fraction of sp³-hybridized carbons (Fsp3) is 0.0769. The number of amides is 1. The van der Waals surface area contributed by atoms with E-state index in [4.69, 9.17) is 9.84 Å². The number of ether oxygens (including phenoxy) is 1. The van der Waals surface area contributed by atoms with Gasteiger partial charge in [0.25, 0.3) is 5.91 Å². The molecule has 0 unspecified atom stereocenters. The van der Waals surface area contributed by atoms with Crippen LogP contribution in [0.4, 0.5) is 5.69 Å². The number of carboxylic acids is 1. The van der Waals surface area contributed by atoms with Crippen LogP contribution in [0, 0.1) is 0 Å². The van der Waals surface area contributed by atoms with Crippen molar-refractivity contribution in [1.29, 1.82) is 0 Å². The number of aromatic carboxylic acids is 1. The molecule has 2 N–H and O–H groups in total. The van der Waals surface area contributed by atoms with Crippen molar-refractivity contribution in [2.24, 2.45) is 0 Å². The number of rotatable bonds is 4. The molecule has 1 amide bonds. The molecule has 0 saturated heterocycles. The van der Waals surface area contributed by atoms with E-state index in [0.717, 1.165) is 0 Å². The van der Waals surface area contributed by atoms with Gasteiger partial charge in [-0.15, -0.1) is 11.3 Å². The summed E-state index contributed by atoms with van der Waals surface area (Å²) in [6, 6.07) is 6.04. The van der Waals surface area contributed by atoms with Crippen LogP contribution in [0.5, 0.6) is 5.75 Å². The molecular weight excluding hydrogens is 346 g/mol. The summed E-state index contributed by atoms with van der Waals surface area (Å²) >= 11 is 4.50. The molecule has 1 aromatic heterocycles. The highest BCUT2D eigenvalue weighted by atomic mass is 79.9. The lowest BCUT2D eigenvalue weighted by Gasteiger charge is -2.07. The first-order valence-electron chi connectivity index (χ1n) is 5.48. The maximum atomic E-state index is 12.0. The summed E-state index contributed by atoms with van der Waals surface area (Å²) in [6.07, 6.45) is 0. The van der Waals surface area contributed by atoms with Crippen LogP contribution in [0.3, 0.4) is 0 Å². The molecule has 5 nitrogen and oxygen atoms in total. The van der Waals surface area contributed by atoms with Gasteiger partial charge in [-0.3, -0.25) is 4.79 Å². The van der Waals surface area contributed by atoms with Crippen molar-refractivity contribution < 1.29 is 19.4 Å². The highest BCUT2D eigenvalue weighted by Gasteiger charge is 2.13. The first-order valence-corrected chi connectivity index (χ1v) is 7.15. The van der Waals surface area contributed by atoms with E-state index in [0.29, 0.717) is 20.8 Å². The van der Waals surface area contributed by atoms with Gasteiger partial charge in [-0.05, 0) is 34.1 Å². The molecule has 0 aliphatic rings. The minimum atomic E-state index is -1.02. The van der Waals surface area contributed by atoms with E-state index >= 15 is 0 Å². The number of thiophene rings is 1. The number of carbonyl (C=O) groups excluding carboxylic acids is 1. The molecule has 20 heavy (non-hydrogen) atoms. The summed E-state index contributed by atoms with van der Waals surface area (Å²) in [5, 5.41) is 13.3. The van der Waals surface area contributed by atoms with E-state index in [2.05, 4.69) is 21.2 Å². The average molecular weight is 356 g/mol. The Morgan fingerprint density at radius 1 is 1.35 bits per heavy atom. The molecule has 0 aliphatic carbocycles. The van der Waals surface area contributed by atoms with Crippen LogP contribution < -0.4 is 10.1 Å². The van der Waals surface area contributed by atoms with E-state index in [1.807, 2.05) is 0 Å². The van der Waals surface area contributed by atoms with E-state index in [9.17, 15) is 9.59 Å². The standard InChI is InChI=1S/C13H10BrNO4S/c1-19-8-5-11(20-6-8)12(16)15-10-3-2-7(13(17)18)4-9(10)14/h2-6H,1H3,(H,15,16)(H,17,18). The van der Waals surface area contributed by atoms with Crippen LogP contribution in [0.1, 0.15) is 20.0 Å². The molecule has 7 heteroatoms. The number of hydrogen-bond donors (Lipinski definition) is 2. The van der Waals surface area contributed by atoms with Gasteiger partial charge in [-0.2, -0.15) is 0 Å². The summed E-state index contributed by atoms with van der Waals surface area (Å²) < 4.78 is 5.53. The first-order chi connectivity index (χ1) is 9.51. The maximum absolute atomic E-state index is 12.0. The lowest BCUT2D eigenvalue weighted by Crippen LogP contribution is -2.11. The topological polar surface area (TPSA) is 75.6 Å². The van der Waals surface area contributed by atoms with E-state index in [1.54, 1.807) is 11.4 Å². The van der Waals surface area contributed by atoms with Crippen LogP contribution in [-0.4, -0.2) is 24.1 Å². The molecule has 0 aliphatic heterocycles. The first kappa shape index (κ1) is 14.5. The zero-order valence-corrected chi connectivity index (χ0v) is 12.7. The number of carbonyl (C=O) groups is 2. The summed E-state index contributed by atoms with van der Waals surface area (Å²) in [5.41, 5.74) is 0.653. The van der Waals surface area contributed by atoms with Gasteiger partial charge in [-0.1, -0.05) is 0 Å². The third kappa shape index (κ3) is 3.17. The SMILES string of the molecule is COc1csc(C(=O)Nc2ccc(C(=O)O)cc2Br)c1. The number of benzene rings is 1. The molecule has 0 atom stereocenters. The van der Waals surface area contributed by atoms with E-state index in [-0.39, 0.29) is 11.5 Å². The Kier molecular flexibility index (Phi) is 4.41. The van der Waals surface area contributed by atoms with Gasteiger partial charge in [0.1, 0.15) is 5.75 Å². The summed E-state index contributed by atoms with van der Waals surface area (Å²) in [4.78, 5) is 23.4. The van der Waals surface area contributed by atoms with Crippen LogP contribution in [-0.2, 0) is 0 Å². The molecule has 0 saturated carbocycles. The third-order valence-electron chi connectivity index (χ3n) is 2.50. The third-order valence-corrected chi connectivity index (χ3v) is 4.06. The van der Waals surface area contributed by atoms with Gasteiger partial charge in [0.05, 0.1) is 23.2 Å². The number of nitrogens with one attached hydrogen (secondary N) is 1. The summed E-state index contributed by atoms with van der Waals surface area (Å²) in [5.74, 6) is -0.672. The zero-order valence-electron chi connectivity index (χ0n) is 10.3. The molecular formula is C13H10BrNO4S. The second-order valence-electron chi connectivity index (χ2n) is 3.80. The Bertz CT molecular complexity index is 668. The Hall–Kier alpha value is -1.86. The number of hydrogen-bond acceptors (Lipinski definition) is 4. The van der Waals surface area contributed by atoms with E-state index < -0.39 is 5.97 Å². The molecule has 0 fully saturated rings. The van der Waals surface area contributed by atoms with Crippen molar-refractivity contribution in [1.82, 2.24) is 0 Å². The summed E-state index contributed by atoms with van der Waals surface area (Å²) in [7, 11) is 1.53. The van der Waals surface area contributed by atoms with Crippen molar-refractivity contribution in [2.75, 3.05) is 12.4 Å². The molecule has 1 heterocycles. The maximum Gasteiger partial charge on any atom is 0.335 e. The molecule has 1 aromatic carbocycles. The van der Waals surface area contributed by atoms with Crippen molar-refractivity contribution in [3.8, 4) is 5.75 Å². The largest absolute Gasteiger partial charge is 0.496 e. The van der Waals surface area contributed by atoms with Crippen LogP contribution >= 0.6 is 27.3 Å². The second kappa shape index (κ2) is 6.06. The predicted octanol–water partition coefficient (Wildman–Crippen LogP) is 3.47. The lowest BCUT2D eigenvalue weighted by molar-refractivity contribution is 0.0696.